The third-order valence-corrected chi connectivity index (χ3v) is 6.13. The Balaban J connectivity index is 1.63. The molecule has 0 aliphatic carbocycles. The minimum atomic E-state index is -3.40. The Hall–Kier alpha value is -1.02. The lowest BCUT2D eigenvalue weighted by Crippen LogP contribution is -2.52. The molecule has 0 saturated carbocycles. The van der Waals surface area contributed by atoms with Crippen LogP contribution in [0.2, 0.25) is 0 Å². The van der Waals surface area contributed by atoms with Gasteiger partial charge in [0.1, 0.15) is 4.90 Å². The fourth-order valence-corrected chi connectivity index (χ4v) is 4.39. The summed E-state index contributed by atoms with van der Waals surface area (Å²) in [7, 11) is -3.40. The van der Waals surface area contributed by atoms with Gasteiger partial charge in [0.05, 0.1) is 0 Å². The van der Waals surface area contributed by atoms with Crippen molar-refractivity contribution in [1.82, 2.24) is 14.2 Å². The van der Waals surface area contributed by atoms with Crippen molar-refractivity contribution in [2.24, 2.45) is 0 Å². The van der Waals surface area contributed by atoms with Crippen molar-refractivity contribution in [2.75, 3.05) is 39.4 Å². The Labute approximate surface area is 125 Å². The Bertz CT molecular complexity index is 550. The summed E-state index contributed by atoms with van der Waals surface area (Å²) >= 11 is 0. The summed E-state index contributed by atoms with van der Waals surface area (Å²) in [6.45, 7) is 4.33. The van der Waals surface area contributed by atoms with Gasteiger partial charge < -0.3 is 4.74 Å². The van der Waals surface area contributed by atoms with E-state index in [1.165, 1.54) is 6.20 Å². The summed E-state index contributed by atoms with van der Waals surface area (Å²) in [5.74, 6) is 0. The molecule has 21 heavy (non-hydrogen) atoms. The van der Waals surface area contributed by atoms with E-state index < -0.39 is 10.0 Å². The summed E-state index contributed by atoms with van der Waals surface area (Å²) in [6.07, 6.45) is 5.10. The molecule has 2 fully saturated rings. The molecular formula is C14H21N3O3S. The van der Waals surface area contributed by atoms with Gasteiger partial charge in [-0.1, -0.05) is 0 Å². The minimum Gasteiger partial charge on any atom is -0.381 e. The van der Waals surface area contributed by atoms with E-state index in [1.807, 2.05) is 0 Å². The molecule has 0 spiro atoms. The van der Waals surface area contributed by atoms with Crippen LogP contribution in [0.15, 0.2) is 29.4 Å². The number of rotatable bonds is 3. The van der Waals surface area contributed by atoms with Crippen molar-refractivity contribution in [2.45, 2.75) is 23.8 Å². The number of nitrogens with zero attached hydrogens (tertiary/aromatic N) is 3. The van der Waals surface area contributed by atoms with Crippen LogP contribution in [0.4, 0.5) is 0 Å². The fraction of sp³-hybridized carbons (Fsp3) is 0.643. The first-order valence-corrected chi connectivity index (χ1v) is 8.84. The highest BCUT2D eigenvalue weighted by Crippen LogP contribution is 2.20. The van der Waals surface area contributed by atoms with Crippen LogP contribution >= 0.6 is 0 Å². The molecule has 3 rings (SSSR count). The summed E-state index contributed by atoms with van der Waals surface area (Å²) < 4.78 is 32.0. The SMILES string of the molecule is O=S(=O)(c1cccnc1)N1CCN(C2CCOCC2)CC1. The lowest BCUT2D eigenvalue weighted by Gasteiger charge is -2.40. The third kappa shape index (κ3) is 3.26. The van der Waals surface area contributed by atoms with E-state index in [0.29, 0.717) is 19.1 Å². The molecule has 0 radical (unpaired) electrons. The van der Waals surface area contributed by atoms with Gasteiger partial charge >= 0.3 is 0 Å². The van der Waals surface area contributed by atoms with Gasteiger partial charge in [-0.2, -0.15) is 4.31 Å². The smallest absolute Gasteiger partial charge is 0.244 e. The average Bonchev–Trinajstić information content (AvgIpc) is 2.57. The first-order valence-electron chi connectivity index (χ1n) is 7.40. The van der Waals surface area contributed by atoms with Crippen LogP contribution in [0.5, 0.6) is 0 Å². The van der Waals surface area contributed by atoms with Gasteiger partial charge in [0.2, 0.25) is 10.0 Å². The second-order valence-corrected chi connectivity index (χ2v) is 7.41. The van der Waals surface area contributed by atoms with Crippen molar-refractivity contribution in [3.63, 3.8) is 0 Å². The monoisotopic (exact) mass is 311 g/mol. The number of ether oxygens (including phenoxy) is 1. The summed E-state index contributed by atoms with van der Waals surface area (Å²) in [5.41, 5.74) is 0. The Kier molecular flexibility index (Phi) is 4.54. The first-order chi connectivity index (χ1) is 10.2. The largest absolute Gasteiger partial charge is 0.381 e. The van der Waals surface area contributed by atoms with Crippen LogP contribution in [0.3, 0.4) is 0 Å². The summed E-state index contributed by atoms with van der Waals surface area (Å²) in [4.78, 5) is 6.59. The van der Waals surface area contributed by atoms with E-state index >= 15 is 0 Å². The van der Waals surface area contributed by atoms with E-state index in [9.17, 15) is 8.42 Å². The highest BCUT2D eigenvalue weighted by molar-refractivity contribution is 7.89. The van der Waals surface area contributed by atoms with Crippen molar-refractivity contribution in [1.29, 1.82) is 0 Å². The van der Waals surface area contributed by atoms with Crippen molar-refractivity contribution in [3.05, 3.63) is 24.5 Å². The van der Waals surface area contributed by atoms with E-state index in [-0.39, 0.29) is 4.90 Å². The normalized spacial score (nSPS) is 23.2. The highest BCUT2D eigenvalue weighted by Gasteiger charge is 2.31. The Morgan fingerprint density at radius 1 is 1.14 bits per heavy atom. The zero-order valence-corrected chi connectivity index (χ0v) is 12.8. The average molecular weight is 311 g/mol. The van der Waals surface area contributed by atoms with Crippen LogP contribution in [0, 0.1) is 0 Å². The van der Waals surface area contributed by atoms with Crippen LogP contribution < -0.4 is 0 Å². The Morgan fingerprint density at radius 3 is 2.48 bits per heavy atom. The fourth-order valence-electron chi connectivity index (χ4n) is 3.01. The van der Waals surface area contributed by atoms with Gasteiger partial charge in [-0.15, -0.1) is 0 Å². The molecule has 0 aromatic carbocycles. The molecule has 2 saturated heterocycles. The van der Waals surface area contributed by atoms with Crippen LogP contribution in [0.1, 0.15) is 12.8 Å². The lowest BCUT2D eigenvalue weighted by atomic mass is 10.1. The molecule has 0 unspecified atom stereocenters. The van der Waals surface area contributed by atoms with E-state index in [1.54, 1.807) is 22.6 Å². The lowest BCUT2D eigenvalue weighted by molar-refractivity contribution is 0.0229. The molecule has 2 aliphatic heterocycles. The molecule has 2 aliphatic rings. The topological polar surface area (TPSA) is 62.7 Å². The van der Waals surface area contributed by atoms with Crippen LogP contribution in [0.25, 0.3) is 0 Å². The number of sulfonamides is 1. The number of hydrogen-bond donors (Lipinski definition) is 0. The second-order valence-electron chi connectivity index (χ2n) is 5.47. The van der Waals surface area contributed by atoms with Gasteiger partial charge in [-0.25, -0.2) is 8.42 Å². The molecule has 6 nitrogen and oxygen atoms in total. The van der Waals surface area contributed by atoms with E-state index in [0.717, 1.165) is 39.1 Å². The summed E-state index contributed by atoms with van der Waals surface area (Å²) in [6, 6.07) is 3.81. The quantitative estimate of drug-likeness (QED) is 0.816. The zero-order chi connectivity index (χ0) is 14.7. The third-order valence-electron chi connectivity index (χ3n) is 4.25. The molecule has 116 valence electrons. The van der Waals surface area contributed by atoms with E-state index in [2.05, 4.69) is 9.88 Å². The van der Waals surface area contributed by atoms with Gasteiger partial charge in [0, 0.05) is 57.8 Å². The predicted molar refractivity (Wildman–Crippen MR) is 78.4 cm³/mol. The maximum Gasteiger partial charge on any atom is 0.244 e. The maximum absolute atomic E-state index is 12.5. The number of piperazine rings is 1. The van der Waals surface area contributed by atoms with Crippen molar-refractivity contribution in [3.8, 4) is 0 Å². The predicted octanol–water partition coefficient (Wildman–Crippen LogP) is 0.567. The molecular weight excluding hydrogens is 290 g/mol. The van der Waals surface area contributed by atoms with Crippen LogP contribution in [-0.2, 0) is 14.8 Å². The van der Waals surface area contributed by atoms with Gasteiger partial charge in [0.15, 0.2) is 0 Å². The molecule has 0 N–H and O–H groups in total. The van der Waals surface area contributed by atoms with Crippen molar-refractivity contribution < 1.29 is 13.2 Å². The zero-order valence-electron chi connectivity index (χ0n) is 12.0. The minimum absolute atomic E-state index is 0.282. The molecule has 3 heterocycles. The maximum atomic E-state index is 12.5. The standard InChI is InChI=1S/C14H21N3O3S/c18-21(19,14-2-1-5-15-12-14)17-8-6-16(7-9-17)13-3-10-20-11-4-13/h1-2,5,12-13H,3-4,6-11H2. The molecule has 0 bridgehead atoms. The second kappa shape index (κ2) is 6.39. The number of pyridine rings is 1. The Morgan fingerprint density at radius 2 is 1.86 bits per heavy atom. The van der Waals surface area contributed by atoms with Gasteiger partial charge in [-0.05, 0) is 25.0 Å². The molecule has 0 atom stereocenters. The number of hydrogen-bond acceptors (Lipinski definition) is 5. The molecule has 0 amide bonds. The van der Waals surface area contributed by atoms with E-state index in [4.69, 9.17) is 4.74 Å². The van der Waals surface area contributed by atoms with Crippen molar-refractivity contribution >= 4 is 10.0 Å². The van der Waals surface area contributed by atoms with Gasteiger partial charge in [-0.3, -0.25) is 9.88 Å². The molecule has 7 heteroatoms. The van der Waals surface area contributed by atoms with Gasteiger partial charge in [0.25, 0.3) is 0 Å². The van der Waals surface area contributed by atoms with Crippen LogP contribution in [-0.4, -0.2) is 68.0 Å². The first kappa shape index (κ1) is 14.9. The summed E-state index contributed by atoms with van der Waals surface area (Å²) in [5, 5.41) is 0. The molecule has 1 aromatic heterocycles. The molecule has 1 aromatic rings. The number of aromatic nitrogens is 1. The highest BCUT2D eigenvalue weighted by atomic mass is 32.2.